The van der Waals surface area contributed by atoms with Gasteiger partial charge in [0, 0.05) is 37.2 Å². The molecule has 162 valence electrons. The average molecular weight is 421 g/mol. The van der Waals surface area contributed by atoms with Crippen molar-refractivity contribution in [1.29, 1.82) is 0 Å². The van der Waals surface area contributed by atoms with Crippen molar-refractivity contribution in [3.05, 3.63) is 49.1 Å². The van der Waals surface area contributed by atoms with Gasteiger partial charge in [-0.1, -0.05) is 13.8 Å². The largest absolute Gasteiger partial charge is 0.507 e. The molecule has 0 saturated heterocycles. The molecule has 1 aromatic carbocycles. The van der Waals surface area contributed by atoms with Gasteiger partial charge in [-0.2, -0.15) is 0 Å². The van der Waals surface area contributed by atoms with Gasteiger partial charge in [0.05, 0.1) is 23.8 Å². The molecule has 2 saturated carbocycles. The third kappa shape index (κ3) is 3.67. The Balaban J connectivity index is 1.31. The van der Waals surface area contributed by atoms with Gasteiger partial charge in [-0.3, -0.25) is 0 Å². The summed E-state index contributed by atoms with van der Waals surface area (Å²) < 4.78 is 13.9. The van der Waals surface area contributed by atoms with Crippen LogP contribution in [-0.4, -0.2) is 44.2 Å². The number of aromatic hydroxyl groups is 1. The zero-order valence-corrected chi connectivity index (χ0v) is 18.2. The van der Waals surface area contributed by atoms with Crippen LogP contribution in [0.3, 0.4) is 0 Å². The number of methoxy groups -OCH3 is 1. The first-order chi connectivity index (χ1) is 14.9. The molecule has 4 atom stereocenters. The second kappa shape index (κ2) is 7.34. The maximum atomic E-state index is 10.5. The fourth-order valence-corrected chi connectivity index (χ4v) is 5.81. The van der Waals surface area contributed by atoms with E-state index in [1.54, 1.807) is 18.6 Å². The monoisotopic (exact) mass is 420 g/mol. The van der Waals surface area contributed by atoms with Crippen LogP contribution in [0.1, 0.15) is 39.5 Å². The van der Waals surface area contributed by atoms with Crippen LogP contribution in [0.4, 0.5) is 0 Å². The van der Waals surface area contributed by atoms with Gasteiger partial charge in [0.15, 0.2) is 0 Å². The summed E-state index contributed by atoms with van der Waals surface area (Å²) in [6, 6.07) is 9.11. The minimum absolute atomic E-state index is 0.104. The van der Waals surface area contributed by atoms with Crippen molar-refractivity contribution in [2.75, 3.05) is 7.11 Å². The molecule has 2 aliphatic rings. The molecule has 0 spiro atoms. The van der Waals surface area contributed by atoms with E-state index in [0.717, 1.165) is 24.9 Å². The lowest BCUT2D eigenvalue weighted by Gasteiger charge is -2.40. The van der Waals surface area contributed by atoms with E-state index >= 15 is 0 Å². The molecular formula is C24H28N4O3. The summed E-state index contributed by atoms with van der Waals surface area (Å²) in [5, 5.41) is 19.1. The van der Waals surface area contributed by atoms with Crippen LogP contribution in [-0.2, 0) is 4.74 Å². The minimum Gasteiger partial charge on any atom is -0.507 e. The lowest BCUT2D eigenvalue weighted by atomic mass is 9.69. The van der Waals surface area contributed by atoms with Crippen molar-refractivity contribution in [3.63, 3.8) is 0 Å². The number of aromatic nitrogens is 4. The molecule has 0 radical (unpaired) electrons. The van der Waals surface area contributed by atoms with E-state index in [1.807, 2.05) is 42.1 Å². The highest BCUT2D eigenvalue weighted by molar-refractivity contribution is 5.68. The van der Waals surface area contributed by atoms with E-state index < -0.39 is 0 Å². The number of benzene rings is 1. The standard InChI is InChI=1S/C24H28N4O3/c1-23-11-17(12-24(2,14-23)21(13-23)30-3)31-22-7-6-19(26-27-22)18-5-4-16(10-20(18)29)28-9-8-25-15-28/h4-10,15,17,21,29H,11-14H2,1-3H3/t17-,21+,23+,24+/m0/s1. The number of nitrogens with zero attached hydrogens (tertiary/aromatic N) is 4. The Labute approximate surface area is 182 Å². The summed E-state index contributed by atoms with van der Waals surface area (Å²) in [5.41, 5.74) is 2.44. The molecule has 0 unspecified atom stereocenters. The van der Waals surface area contributed by atoms with Crippen LogP contribution in [0.5, 0.6) is 11.6 Å². The lowest BCUT2D eigenvalue weighted by Crippen LogP contribution is -2.38. The Kier molecular flexibility index (Phi) is 4.73. The molecule has 2 aromatic heterocycles. The first-order valence-electron chi connectivity index (χ1n) is 10.7. The zero-order chi connectivity index (χ0) is 21.6. The number of phenols is 1. The summed E-state index contributed by atoms with van der Waals surface area (Å²) in [7, 11) is 1.82. The molecule has 0 aliphatic heterocycles. The van der Waals surface area contributed by atoms with Crippen molar-refractivity contribution in [2.24, 2.45) is 10.8 Å². The molecule has 2 fully saturated rings. The normalized spacial score (nSPS) is 29.8. The summed E-state index contributed by atoms with van der Waals surface area (Å²) in [6.07, 6.45) is 9.82. The number of imidazole rings is 1. The van der Waals surface area contributed by atoms with E-state index in [2.05, 4.69) is 29.0 Å². The topological polar surface area (TPSA) is 82.3 Å². The van der Waals surface area contributed by atoms with Crippen LogP contribution in [0, 0.1) is 10.8 Å². The van der Waals surface area contributed by atoms with Crippen LogP contribution in [0.25, 0.3) is 16.9 Å². The molecule has 0 amide bonds. The first-order valence-corrected chi connectivity index (χ1v) is 10.7. The third-order valence-corrected chi connectivity index (χ3v) is 6.97. The molecule has 7 heteroatoms. The number of hydrogen-bond donors (Lipinski definition) is 1. The Morgan fingerprint density at radius 2 is 1.97 bits per heavy atom. The average Bonchev–Trinajstić information content (AvgIpc) is 3.32. The molecular weight excluding hydrogens is 392 g/mol. The Morgan fingerprint density at radius 3 is 2.65 bits per heavy atom. The molecule has 3 aromatic rings. The van der Waals surface area contributed by atoms with E-state index in [1.165, 1.54) is 6.42 Å². The van der Waals surface area contributed by atoms with E-state index in [4.69, 9.17) is 9.47 Å². The van der Waals surface area contributed by atoms with E-state index in [-0.39, 0.29) is 28.8 Å². The van der Waals surface area contributed by atoms with Gasteiger partial charge in [0.2, 0.25) is 5.88 Å². The molecule has 7 nitrogen and oxygen atoms in total. The van der Waals surface area contributed by atoms with E-state index in [0.29, 0.717) is 17.1 Å². The summed E-state index contributed by atoms with van der Waals surface area (Å²) in [5.74, 6) is 0.662. The van der Waals surface area contributed by atoms with Crippen molar-refractivity contribution in [3.8, 4) is 28.6 Å². The van der Waals surface area contributed by atoms with E-state index in [9.17, 15) is 5.11 Å². The van der Waals surface area contributed by atoms with Crippen molar-refractivity contribution in [2.45, 2.75) is 51.7 Å². The predicted molar refractivity (Wildman–Crippen MR) is 116 cm³/mol. The van der Waals surface area contributed by atoms with Gasteiger partial charge in [-0.05, 0) is 54.7 Å². The SMILES string of the molecule is CO[C@@H]1C[C@@]2(C)C[C@H](Oc3ccc(-c4ccc(-n5ccnc5)cc4O)nn3)C[C@]1(C)C2. The fraction of sp³-hybridized carbons (Fsp3) is 0.458. The summed E-state index contributed by atoms with van der Waals surface area (Å²) >= 11 is 0. The Bertz CT molecular complexity index is 1070. The number of hydrogen-bond acceptors (Lipinski definition) is 6. The fourth-order valence-electron chi connectivity index (χ4n) is 5.81. The van der Waals surface area contributed by atoms with Crippen LogP contribution >= 0.6 is 0 Å². The second-order valence-corrected chi connectivity index (χ2v) is 9.65. The molecule has 2 heterocycles. The Hall–Kier alpha value is -2.93. The number of rotatable bonds is 5. The second-order valence-electron chi connectivity index (χ2n) is 9.65. The van der Waals surface area contributed by atoms with Gasteiger partial charge in [-0.15, -0.1) is 10.2 Å². The molecule has 1 N–H and O–H groups in total. The van der Waals surface area contributed by atoms with Crippen LogP contribution in [0.2, 0.25) is 0 Å². The summed E-state index contributed by atoms with van der Waals surface area (Å²) in [4.78, 5) is 4.04. The van der Waals surface area contributed by atoms with Crippen LogP contribution < -0.4 is 4.74 Å². The first kappa shape index (κ1) is 20.0. The van der Waals surface area contributed by atoms with Crippen LogP contribution in [0.15, 0.2) is 49.1 Å². The van der Waals surface area contributed by atoms with Crippen molar-refractivity contribution in [1.82, 2.24) is 19.7 Å². The number of phenolic OH excluding ortho intramolecular Hbond substituents is 1. The maximum Gasteiger partial charge on any atom is 0.233 e. The van der Waals surface area contributed by atoms with Crippen molar-refractivity contribution >= 4 is 0 Å². The Morgan fingerprint density at radius 1 is 1.10 bits per heavy atom. The zero-order valence-electron chi connectivity index (χ0n) is 18.2. The van der Waals surface area contributed by atoms with Gasteiger partial charge >= 0.3 is 0 Å². The quantitative estimate of drug-likeness (QED) is 0.659. The third-order valence-electron chi connectivity index (χ3n) is 6.97. The molecule has 5 rings (SSSR count). The van der Waals surface area contributed by atoms with Gasteiger partial charge in [0.25, 0.3) is 0 Å². The predicted octanol–water partition coefficient (Wildman–Crippen LogP) is 4.40. The smallest absolute Gasteiger partial charge is 0.233 e. The maximum absolute atomic E-state index is 10.5. The molecule has 2 bridgehead atoms. The van der Waals surface area contributed by atoms with Gasteiger partial charge in [0.1, 0.15) is 11.9 Å². The lowest BCUT2D eigenvalue weighted by molar-refractivity contribution is -0.0150. The molecule has 2 aliphatic carbocycles. The highest BCUT2D eigenvalue weighted by Gasteiger charge is 2.55. The number of ether oxygens (including phenoxy) is 2. The molecule has 31 heavy (non-hydrogen) atoms. The van der Waals surface area contributed by atoms with Crippen molar-refractivity contribution < 1.29 is 14.6 Å². The highest BCUT2D eigenvalue weighted by Crippen LogP contribution is 2.59. The van der Waals surface area contributed by atoms with Gasteiger partial charge < -0.3 is 19.1 Å². The summed E-state index contributed by atoms with van der Waals surface area (Å²) in [6.45, 7) is 4.65. The highest BCUT2D eigenvalue weighted by atomic mass is 16.5. The number of fused-ring (bicyclic) bond motifs is 2. The van der Waals surface area contributed by atoms with Gasteiger partial charge in [-0.25, -0.2) is 4.98 Å². The minimum atomic E-state index is 0.104.